The molecule has 0 radical (unpaired) electrons. The molecule has 0 aromatic heterocycles. The fourth-order valence-corrected chi connectivity index (χ4v) is 4.18. The lowest BCUT2D eigenvalue weighted by Gasteiger charge is -2.18. The van der Waals surface area contributed by atoms with Crippen LogP contribution in [0.4, 0.5) is 0 Å². The maximum Gasteiger partial charge on any atom is 0.472 e. The minimum absolute atomic E-state index is 0.123. The van der Waals surface area contributed by atoms with Crippen molar-refractivity contribution in [1.82, 2.24) is 5.32 Å². The predicted molar refractivity (Wildman–Crippen MR) is 139 cm³/mol. The number of carboxylic acids is 1. The standard InChI is InChI=1S/C25H48NO10P/c1-3-5-7-8-9-10-11-12-13-14-15-17-24(29)34-18-21(27)19-35-37(32,33)36-20-22(25(30)31)26-23(28)16-6-4-2/h21-22,27H,3-20H2,1-2H3,(H,26,28)(H,30,31)(H,32,33). The summed E-state index contributed by atoms with van der Waals surface area (Å²) in [4.78, 5) is 44.4. The Bertz CT molecular complexity index is 676. The summed E-state index contributed by atoms with van der Waals surface area (Å²) in [5.74, 6) is -2.42. The molecule has 0 aliphatic heterocycles. The summed E-state index contributed by atoms with van der Waals surface area (Å²) in [7, 11) is -4.71. The highest BCUT2D eigenvalue weighted by Crippen LogP contribution is 2.43. The van der Waals surface area contributed by atoms with E-state index in [1.54, 1.807) is 0 Å². The van der Waals surface area contributed by atoms with Gasteiger partial charge >= 0.3 is 19.8 Å². The van der Waals surface area contributed by atoms with E-state index < -0.39 is 57.6 Å². The van der Waals surface area contributed by atoms with Gasteiger partial charge < -0.3 is 25.2 Å². The Morgan fingerprint density at radius 2 is 1.27 bits per heavy atom. The molecule has 0 aromatic carbocycles. The summed E-state index contributed by atoms with van der Waals surface area (Å²) in [5, 5.41) is 21.2. The third-order valence-corrected chi connectivity index (χ3v) is 6.60. The molecule has 0 aliphatic carbocycles. The Labute approximate surface area is 221 Å². The largest absolute Gasteiger partial charge is 0.480 e. The van der Waals surface area contributed by atoms with Crippen molar-refractivity contribution >= 4 is 25.7 Å². The predicted octanol–water partition coefficient (Wildman–Crippen LogP) is 4.48. The van der Waals surface area contributed by atoms with Gasteiger partial charge in [0.1, 0.15) is 12.7 Å². The van der Waals surface area contributed by atoms with Gasteiger partial charge in [-0.15, -0.1) is 0 Å². The molecule has 0 aliphatic rings. The molecule has 12 heteroatoms. The molecule has 0 saturated heterocycles. The van der Waals surface area contributed by atoms with Gasteiger partial charge in [-0.25, -0.2) is 9.36 Å². The number of carbonyl (C=O) groups is 3. The van der Waals surface area contributed by atoms with Crippen LogP contribution in [0.1, 0.15) is 110 Å². The Kier molecular flexibility index (Phi) is 21.5. The SMILES string of the molecule is CCCCCCCCCCCCCC(=O)OCC(O)COP(=O)(O)OCC(NC(=O)CCCC)C(=O)O. The van der Waals surface area contributed by atoms with Gasteiger partial charge in [-0.05, 0) is 12.8 Å². The van der Waals surface area contributed by atoms with Crippen LogP contribution in [0.5, 0.6) is 0 Å². The number of hydrogen-bond donors (Lipinski definition) is 4. The number of hydrogen-bond acceptors (Lipinski definition) is 8. The first-order valence-electron chi connectivity index (χ1n) is 13.6. The van der Waals surface area contributed by atoms with E-state index >= 15 is 0 Å². The summed E-state index contributed by atoms with van der Waals surface area (Å²) in [5.41, 5.74) is 0. The number of phosphoric acid groups is 1. The second-order valence-corrected chi connectivity index (χ2v) is 10.7. The van der Waals surface area contributed by atoms with Gasteiger partial charge in [0.2, 0.25) is 5.91 Å². The maximum atomic E-state index is 12.0. The van der Waals surface area contributed by atoms with Crippen molar-refractivity contribution in [2.24, 2.45) is 0 Å². The van der Waals surface area contributed by atoms with Crippen LogP contribution in [-0.4, -0.2) is 64.9 Å². The lowest BCUT2D eigenvalue weighted by molar-refractivity contribution is -0.147. The molecule has 0 bridgehead atoms. The quantitative estimate of drug-likeness (QED) is 0.0718. The lowest BCUT2D eigenvalue weighted by atomic mass is 10.1. The molecule has 0 rings (SSSR count). The summed E-state index contributed by atoms with van der Waals surface area (Å²) >= 11 is 0. The molecule has 0 fully saturated rings. The van der Waals surface area contributed by atoms with E-state index in [9.17, 15) is 28.9 Å². The van der Waals surface area contributed by atoms with E-state index in [0.29, 0.717) is 12.8 Å². The van der Waals surface area contributed by atoms with E-state index in [1.165, 1.54) is 44.9 Å². The van der Waals surface area contributed by atoms with E-state index in [2.05, 4.69) is 21.3 Å². The van der Waals surface area contributed by atoms with Crippen molar-refractivity contribution in [2.45, 2.75) is 122 Å². The molecule has 37 heavy (non-hydrogen) atoms. The molecule has 0 saturated carbocycles. The second kappa shape index (κ2) is 22.5. The smallest absolute Gasteiger partial charge is 0.472 e. The Morgan fingerprint density at radius 1 is 0.757 bits per heavy atom. The monoisotopic (exact) mass is 553 g/mol. The third kappa shape index (κ3) is 22.2. The van der Waals surface area contributed by atoms with Crippen molar-refractivity contribution in [2.75, 3.05) is 19.8 Å². The summed E-state index contributed by atoms with van der Waals surface area (Å²) < 4.78 is 26.2. The average Bonchev–Trinajstić information content (AvgIpc) is 2.85. The lowest BCUT2D eigenvalue weighted by Crippen LogP contribution is -2.43. The fraction of sp³-hybridized carbons (Fsp3) is 0.880. The van der Waals surface area contributed by atoms with Crippen molar-refractivity contribution < 1.29 is 47.8 Å². The topological polar surface area (TPSA) is 169 Å². The van der Waals surface area contributed by atoms with Crippen molar-refractivity contribution in [3.8, 4) is 0 Å². The molecule has 3 atom stereocenters. The molecule has 0 heterocycles. The first kappa shape index (κ1) is 35.5. The number of aliphatic hydroxyl groups excluding tert-OH is 1. The highest BCUT2D eigenvalue weighted by molar-refractivity contribution is 7.47. The number of amides is 1. The number of unbranched alkanes of at least 4 members (excludes halogenated alkanes) is 11. The molecular formula is C25H48NO10P. The Hall–Kier alpha value is -1.52. The fourth-order valence-electron chi connectivity index (χ4n) is 3.41. The number of phosphoric ester groups is 1. The van der Waals surface area contributed by atoms with Gasteiger partial charge in [0.25, 0.3) is 0 Å². The highest BCUT2D eigenvalue weighted by atomic mass is 31.2. The van der Waals surface area contributed by atoms with Crippen molar-refractivity contribution in [3.63, 3.8) is 0 Å². The van der Waals surface area contributed by atoms with Crippen LogP contribution in [0.15, 0.2) is 0 Å². The normalized spacial score (nSPS) is 14.5. The van der Waals surface area contributed by atoms with Crippen LogP contribution in [0.25, 0.3) is 0 Å². The third-order valence-electron chi connectivity index (χ3n) is 5.65. The maximum absolute atomic E-state index is 12.0. The molecular weight excluding hydrogens is 505 g/mol. The molecule has 218 valence electrons. The summed E-state index contributed by atoms with van der Waals surface area (Å²) in [6.07, 6.45) is 13.1. The number of aliphatic hydroxyl groups is 1. The van der Waals surface area contributed by atoms with Crippen LogP contribution in [0.2, 0.25) is 0 Å². The average molecular weight is 554 g/mol. The highest BCUT2D eigenvalue weighted by Gasteiger charge is 2.28. The Morgan fingerprint density at radius 3 is 1.81 bits per heavy atom. The molecule has 0 aromatic rings. The number of carbonyl (C=O) groups excluding carboxylic acids is 2. The molecule has 11 nitrogen and oxygen atoms in total. The number of aliphatic carboxylic acids is 1. The number of carboxylic acid groups (broad SMARTS) is 1. The van der Waals surface area contributed by atoms with E-state index in [4.69, 9.17) is 9.84 Å². The first-order valence-corrected chi connectivity index (χ1v) is 15.1. The van der Waals surface area contributed by atoms with Gasteiger partial charge in [-0.3, -0.25) is 18.6 Å². The van der Waals surface area contributed by atoms with Gasteiger partial charge in [0.15, 0.2) is 6.04 Å². The number of ether oxygens (including phenoxy) is 1. The van der Waals surface area contributed by atoms with Crippen LogP contribution in [0.3, 0.4) is 0 Å². The molecule has 3 unspecified atom stereocenters. The van der Waals surface area contributed by atoms with Gasteiger partial charge in [0.05, 0.1) is 13.2 Å². The zero-order chi connectivity index (χ0) is 27.9. The first-order chi connectivity index (χ1) is 17.6. The summed E-state index contributed by atoms with van der Waals surface area (Å²) in [6.45, 7) is 2.20. The van der Waals surface area contributed by atoms with Gasteiger partial charge in [-0.2, -0.15) is 0 Å². The van der Waals surface area contributed by atoms with E-state index in [1.807, 2.05) is 6.92 Å². The summed E-state index contributed by atoms with van der Waals surface area (Å²) in [6, 6.07) is -1.53. The Balaban J connectivity index is 3.96. The zero-order valence-electron chi connectivity index (χ0n) is 22.5. The van der Waals surface area contributed by atoms with E-state index in [-0.39, 0.29) is 12.8 Å². The molecule has 4 N–H and O–H groups in total. The van der Waals surface area contributed by atoms with Gasteiger partial charge in [-0.1, -0.05) is 84.5 Å². The van der Waals surface area contributed by atoms with Crippen molar-refractivity contribution in [1.29, 1.82) is 0 Å². The van der Waals surface area contributed by atoms with E-state index in [0.717, 1.165) is 25.7 Å². The van der Waals surface area contributed by atoms with Crippen LogP contribution in [-0.2, 0) is 32.7 Å². The molecule has 0 spiro atoms. The van der Waals surface area contributed by atoms with Crippen LogP contribution < -0.4 is 5.32 Å². The van der Waals surface area contributed by atoms with Crippen LogP contribution >= 0.6 is 7.82 Å². The minimum Gasteiger partial charge on any atom is -0.480 e. The van der Waals surface area contributed by atoms with Gasteiger partial charge in [0, 0.05) is 12.8 Å². The second-order valence-electron chi connectivity index (χ2n) is 9.24. The van der Waals surface area contributed by atoms with Crippen molar-refractivity contribution in [3.05, 3.63) is 0 Å². The van der Waals surface area contributed by atoms with Crippen LogP contribution in [0, 0.1) is 0 Å². The molecule has 1 amide bonds. The zero-order valence-corrected chi connectivity index (χ0v) is 23.4. The minimum atomic E-state index is -4.71. The number of rotatable bonds is 25. The number of esters is 1. The number of nitrogens with one attached hydrogen (secondary N) is 1.